The zero-order valence-electron chi connectivity index (χ0n) is 11.6. The molecule has 1 aromatic carbocycles. The molecule has 0 radical (unpaired) electrons. The van der Waals surface area contributed by atoms with Gasteiger partial charge in [0.1, 0.15) is 5.75 Å². The van der Waals surface area contributed by atoms with Crippen molar-refractivity contribution in [3.8, 4) is 5.75 Å². The summed E-state index contributed by atoms with van der Waals surface area (Å²) in [6.07, 6.45) is 3.45. The number of benzene rings is 1. The molecule has 0 heterocycles. The van der Waals surface area contributed by atoms with Gasteiger partial charge in [-0.3, -0.25) is 0 Å². The van der Waals surface area contributed by atoms with Gasteiger partial charge in [0.15, 0.2) is 0 Å². The molecule has 3 heteroatoms. The Labute approximate surface area is 116 Å². The second kappa shape index (κ2) is 8.39. The van der Waals surface area contributed by atoms with Gasteiger partial charge in [0.25, 0.3) is 0 Å². The van der Waals surface area contributed by atoms with Gasteiger partial charge in [-0.2, -0.15) is 0 Å². The molecule has 0 aliphatic rings. The lowest BCUT2D eigenvalue weighted by Crippen LogP contribution is -2.24. The Balaban J connectivity index is 2.74. The van der Waals surface area contributed by atoms with Crippen molar-refractivity contribution in [2.45, 2.75) is 33.1 Å². The van der Waals surface area contributed by atoms with Gasteiger partial charge in [0.2, 0.25) is 0 Å². The van der Waals surface area contributed by atoms with E-state index < -0.39 is 0 Å². The van der Waals surface area contributed by atoms with Crippen molar-refractivity contribution in [2.24, 2.45) is 5.92 Å². The lowest BCUT2D eigenvalue weighted by atomic mass is 9.94. The van der Waals surface area contributed by atoms with Crippen LogP contribution in [0.5, 0.6) is 5.75 Å². The van der Waals surface area contributed by atoms with Crippen LogP contribution in [-0.4, -0.2) is 20.2 Å². The lowest BCUT2D eigenvalue weighted by molar-refractivity contribution is 0.395. The first-order valence-corrected chi connectivity index (χ1v) is 7.12. The Morgan fingerprint density at radius 2 is 2.11 bits per heavy atom. The van der Waals surface area contributed by atoms with E-state index in [0.717, 1.165) is 30.3 Å². The van der Waals surface area contributed by atoms with Gasteiger partial charge in [0.05, 0.1) is 7.11 Å². The van der Waals surface area contributed by atoms with Crippen LogP contribution in [0.2, 0.25) is 5.02 Å². The smallest absolute Gasteiger partial charge is 0.122 e. The van der Waals surface area contributed by atoms with Gasteiger partial charge in [-0.15, -0.1) is 0 Å². The predicted octanol–water partition coefficient (Wildman–Crippen LogP) is 3.92. The monoisotopic (exact) mass is 269 g/mol. The van der Waals surface area contributed by atoms with E-state index in [2.05, 4.69) is 19.2 Å². The zero-order valence-corrected chi connectivity index (χ0v) is 12.4. The van der Waals surface area contributed by atoms with Gasteiger partial charge in [0, 0.05) is 5.02 Å². The fourth-order valence-corrected chi connectivity index (χ4v) is 2.45. The van der Waals surface area contributed by atoms with E-state index in [0.29, 0.717) is 5.92 Å². The van der Waals surface area contributed by atoms with Gasteiger partial charge in [-0.05, 0) is 55.6 Å². The first-order chi connectivity index (χ1) is 8.71. The molecule has 0 aromatic heterocycles. The summed E-state index contributed by atoms with van der Waals surface area (Å²) >= 11 is 6.07. The van der Waals surface area contributed by atoms with Crippen LogP contribution in [0.1, 0.15) is 32.3 Å². The predicted molar refractivity (Wildman–Crippen MR) is 78.6 cm³/mol. The molecule has 0 amide bonds. The van der Waals surface area contributed by atoms with Crippen molar-refractivity contribution in [3.63, 3.8) is 0 Å². The number of halogens is 1. The van der Waals surface area contributed by atoms with Crippen LogP contribution in [0.15, 0.2) is 18.2 Å². The van der Waals surface area contributed by atoms with E-state index in [-0.39, 0.29) is 0 Å². The van der Waals surface area contributed by atoms with E-state index in [1.807, 2.05) is 18.2 Å². The van der Waals surface area contributed by atoms with Crippen LogP contribution in [0.4, 0.5) is 0 Å². The molecular formula is C15H24ClNO. The molecule has 0 saturated carbocycles. The molecule has 1 aromatic rings. The van der Waals surface area contributed by atoms with Gasteiger partial charge < -0.3 is 10.1 Å². The topological polar surface area (TPSA) is 21.3 Å². The van der Waals surface area contributed by atoms with Gasteiger partial charge in [-0.1, -0.05) is 31.9 Å². The Hall–Kier alpha value is -0.730. The van der Waals surface area contributed by atoms with Gasteiger partial charge >= 0.3 is 0 Å². The molecule has 0 aliphatic carbocycles. The zero-order chi connectivity index (χ0) is 13.4. The maximum atomic E-state index is 6.07. The Bertz CT molecular complexity index is 354. The SMILES string of the molecule is CCCC(CNCC)Cc1cc(Cl)ccc1OC. The van der Waals surface area contributed by atoms with E-state index in [4.69, 9.17) is 16.3 Å². The van der Waals surface area contributed by atoms with Crippen molar-refractivity contribution >= 4 is 11.6 Å². The molecule has 0 fully saturated rings. The molecule has 1 rings (SSSR count). The fourth-order valence-electron chi connectivity index (χ4n) is 2.25. The third-order valence-electron chi connectivity index (χ3n) is 3.13. The number of rotatable bonds is 8. The molecule has 0 bridgehead atoms. The average Bonchev–Trinajstić information content (AvgIpc) is 2.36. The van der Waals surface area contributed by atoms with Gasteiger partial charge in [-0.25, -0.2) is 0 Å². The highest BCUT2D eigenvalue weighted by Gasteiger charge is 2.12. The third kappa shape index (κ3) is 4.87. The standard InChI is InChI=1S/C15H24ClNO/c1-4-6-12(11-17-5-2)9-13-10-14(16)7-8-15(13)18-3/h7-8,10,12,17H,4-6,9,11H2,1-3H3. The van der Waals surface area contributed by atoms with Crippen molar-refractivity contribution < 1.29 is 4.74 Å². The Morgan fingerprint density at radius 1 is 1.33 bits per heavy atom. The molecule has 1 N–H and O–H groups in total. The summed E-state index contributed by atoms with van der Waals surface area (Å²) in [6, 6.07) is 5.85. The highest BCUT2D eigenvalue weighted by Crippen LogP contribution is 2.26. The number of nitrogens with one attached hydrogen (secondary N) is 1. The molecule has 0 spiro atoms. The quantitative estimate of drug-likeness (QED) is 0.772. The van der Waals surface area contributed by atoms with Crippen LogP contribution >= 0.6 is 11.6 Å². The minimum Gasteiger partial charge on any atom is -0.496 e. The molecule has 0 aliphatic heterocycles. The maximum Gasteiger partial charge on any atom is 0.122 e. The largest absolute Gasteiger partial charge is 0.496 e. The average molecular weight is 270 g/mol. The minimum atomic E-state index is 0.641. The van der Waals surface area contributed by atoms with Crippen LogP contribution in [0.3, 0.4) is 0 Å². The molecule has 102 valence electrons. The summed E-state index contributed by atoms with van der Waals surface area (Å²) in [7, 11) is 1.71. The van der Waals surface area contributed by atoms with Crippen molar-refractivity contribution in [2.75, 3.05) is 20.2 Å². The molecule has 0 saturated heterocycles. The van der Waals surface area contributed by atoms with E-state index in [9.17, 15) is 0 Å². The molecule has 1 atom stereocenters. The summed E-state index contributed by atoms with van der Waals surface area (Å²) in [4.78, 5) is 0. The van der Waals surface area contributed by atoms with Crippen LogP contribution in [-0.2, 0) is 6.42 Å². The highest BCUT2D eigenvalue weighted by molar-refractivity contribution is 6.30. The van der Waals surface area contributed by atoms with E-state index in [1.165, 1.54) is 18.4 Å². The number of methoxy groups -OCH3 is 1. The summed E-state index contributed by atoms with van der Waals surface area (Å²) in [5, 5.41) is 4.21. The molecular weight excluding hydrogens is 246 g/mol. The summed E-state index contributed by atoms with van der Waals surface area (Å²) in [5.74, 6) is 1.58. The second-order valence-corrected chi connectivity index (χ2v) is 5.06. The Morgan fingerprint density at radius 3 is 2.72 bits per heavy atom. The van der Waals surface area contributed by atoms with Crippen LogP contribution in [0, 0.1) is 5.92 Å². The number of ether oxygens (including phenoxy) is 1. The Kier molecular flexibility index (Phi) is 7.14. The van der Waals surface area contributed by atoms with Crippen LogP contribution in [0.25, 0.3) is 0 Å². The molecule has 2 nitrogen and oxygen atoms in total. The fraction of sp³-hybridized carbons (Fsp3) is 0.600. The highest BCUT2D eigenvalue weighted by atomic mass is 35.5. The maximum absolute atomic E-state index is 6.07. The van der Waals surface area contributed by atoms with E-state index >= 15 is 0 Å². The summed E-state index contributed by atoms with van der Waals surface area (Å²) in [5.41, 5.74) is 1.21. The first-order valence-electron chi connectivity index (χ1n) is 6.74. The summed E-state index contributed by atoms with van der Waals surface area (Å²) in [6.45, 7) is 6.45. The first kappa shape index (κ1) is 15.3. The van der Waals surface area contributed by atoms with Crippen molar-refractivity contribution in [3.05, 3.63) is 28.8 Å². The van der Waals surface area contributed by atoms with Crippen molar-refractivity contribution in [1.82, 2.24) is 5.32 Å². The lowest BCUT2D eigenvalue weighted by Gasteiger charge is -2.18. The van der Waals surface area contributed by atoms with E-state index in [1.54, 1.807) is 7.11 Å². The third-order valence-corrected chi connectivity index (χ3v) is 3.37. The van der Waals surface area contributed by atoms with Crippen LogP contribution < -0.4 is 10.1 Å². The van der Waals surface area contributed by atoms with Crippen molar-refractivity contribution in [1.29, 1.82) is 0 Å². The minimum absolute atomic E-state index is 0.641. The number of hydrogen-bond acceptors (Lipinski definition) is 2. The normalized spacial score (nSPS) is 12.4. The molecule has 18 heavy (non-hydrogen) atoms. The number of hydrogen-bond donors (Lipinski definition) is 1. The summed E-state index contributed by atoms with van der Waals surface area (Å²) < 4.78 is 5.40. The second-order valence-electron chi connectivity index (χ2n) is 4.62. The molecule has 1 unspecified atom stereocenters.